The van der Waals surface area contributed by atoms with Crippen LogP contribution in [0.4, 0.5) is 0 Å². The molecule has 0 bridgehead atoms. The molecule has 0 aromatic heterocycles. The van der Waals surface area contributed by atoms with Crippen molar-refractivity contribution in [2.75, 3.05) is 19.8 Å². The van der Waals surface area contributed by atoms with E-state index in [0.29, 0.717) is 25.1 Å². The van der Waals surface area contributed by atoms with Gasteiger partial charge in [-0.05, 0) is 31.7 Å². The summed E-state index contributed by atoms with van der Waals surface area (Å²) in [5.74, 6) is 0.711. The minimum absolute atomic E-state index is 0.0698. The van der Waals surface area contributed by atoms with Gasteiger partial charge in [0.15, 0.2) is 0 Å². The zero-order valence-corrected chi connectivity index (χ0v) is 9.78. The van der Waals surface area contributed by atoms with Gasteiger partial charge in [-0.15, -0.1) is 0 Å². The molecule has 1 saturated heterocycles. The summed E-state index contributed by atoms with van der Waals surface area (Å²) >= 11 is 0. The fourth-order valence-electron chi connectivity index (χ4n) is 2.72. The number of hydrogen-bond acceptors (Lipinski definition) is 3. The number of nitrogens with one attached hydrogen (secondary N) is 1. The predicted octanol–water partition coefficient (Wildman–Crippen LogP) is 0.657. The molecule has 0 radical (unpaired) electrons. The minimum Gasteiger partial charge on any atom is -0.381 e. The Bertz CT molecular complexity index is 239. The van der Waals surface area contributed by atoms with Gasteiger partial charge < -0.3 is 15.8 Å². The maximum atomic E-state index is 11.9. The third kappa shape index (κ3) is 2.74. The summed E-state index contributed by atoms with van der Waals surface area (Å²) in [5, 5.41) is 3.16. The molecular formula is C12H22N2O2. The van der Waals surface area contributed by atoms with Crippen molar-refractivity contribution in [2.45, 2.75) is 38.1 Å². The average molecular weight is 226 g/mol. The van der Waals surface area contributed by atoms with E-state index in [1.54, 1.807) is 0 Å². The largest absolute Gasteiger partial charge is 0.381 e. The molecule has 2 rings (SSSR count). The first-order chi connectivity index (χ1) is 7.81. The van der Waals surface area contributed by atoms with Gasteiger partial charge in [0, 0.05) is 12.6 Å². The molecule has 1 aliphatic heterocycles. The zero-order valence-electron chi connectivity index (χ0n) is 9.78. The number of rotatable bonds is 3. The van der Waals surface area contributed by atoms with Crippen LogP contribution >= 0.6 is 0 Å². The van der Waals surface area contributed by atoms with Crippen LogP contribution in [0.5, 0.6) is 0 Å². The maximum absolute atomic E-state index is 11.9. The molecule has 2 fully saturated rings. The summed E-state index contributed by atoms with van der Waals surface area (Å²) in [7, 11) is 0. The minimum atomic E-state index is 0.0698. The summed E-state index contributed by atoms with van der Waals surface area (Å²) in [6, 6.07) is 0.298. The Morgan fingerprint density at radius 1 is 1.31 bits per heavy atom. The summed E-state index contributed by atoms with van der Waals surface area (Å²) in [4.78, 5) is 11.9. The van der Waals surface area contributed by atoms with E-state index < -0.39 is 0 Å². The lowest BCUT2D eigenvalue weighted by molar-refractivity contribution is -0.126. The number of carbonyl (C=O) groups is 1. The van der Waals surface area contributed by atoms with Gasteiger partial charge in [0.1, 0.15) is 0 Å². The standard InChI is InChI=1S/C12H22N2O2/c13-7-9-3-1-2-4-11(9)14-12(15)10-5-6-16-8-10/h9-11H,1-8,13H2,(H,14,15). The number of carbonyl (C=O) groups excluding carboxylic acids is 1. The van der Waals surface area contributed by atoms with Crippen molar-refractivity contribution in [3.05, 3.63) is 0 Å². The first-order valence-corrected chi connectivity index (χ1v) is 6.39. The Morgan fingerprint density at radius 2 is 2.12 bits per heavy atom. The highest BCUT2D eigenvalue weighted by molar-refractivity contribution is 5.79. The predicted molar refractivity (Wildman–Crippen MR) is 61.9 cm³/mol. The molecule has 3 N–H and O–H groups in total. The van der Waals surface area contributed by atoms with E-state index in [0.717, 1.165) is 25.9 Å². The fourth-order valence-corrected chi connectivity index (χ4v) is 2.72. The lowest BCUT2D eigenvalue weighted by atomic mass is 9.84. The Labute approximate surface area is 96.9 Å². The van der Waals surface area contributed by atoms with Crippen LogP contribution in [0.15, 0.2) is 0 Å². The van der Waals surface area contributed by atoms with Crippen molar-refractivity contribution >= 4 is 5.91 Å². The van der Waals surface area contributed by atoms with Crippen molar-refractivity contribution in [3.8, 4) is 0 Å². The zero-order chi connectivity index (χ0) is 11.4. The molecule has 4 heteroatoms. The molecule has 0 aromatic carbocycles. The second-order valence-corrected chi connectivity index (χ2v) is 4.96. The molecule has 2 aliphatic rings. The van der Waals surface area contributed by atoms with Gasteiger partial charge >= 0.3 is 0 Å². The Morgan fingerprint density at radius 3 is 2.81 bits per heavy atom. The van der Waals surface area contributed by atoms with E-state index >= 15 is 0 Å². The van der Waals surface area contributed by atoms with Gasteiger partial charge in [0.2, 0.25) is 5.91 Å². The molecule has 0 spiro atoms. The van der Waals surface area contributed by atoms with Crippen molar-refractivity contribution in [1.29, 1.82) is 0 Å². The highest BCUT2D eigenvalue weighted by Crippen LogP contribution is 2.24. The molecule has 0 aromatic rings. The van der Waals surface area contributed by atoms with Gasteiger partial charge in [0.25, 0.3) is 0 Å². The van der Waals surface area contributed by atoms with Crippen LogP contribution in [0.3, 0.4) is 0 Å². The third-order valence-corrected chi connectivity index (χ3v) is 3.84. The summed E-state index contributed by atoms with van der Waals surface area (Å²) < 4.78 is 5.24. The lowest BCUT2D eigenvalue weighted by Crippen LogP contribution is -2.46. The molecule has 1 saturated carbocycles. The van der Waals surface area contributed by atoms with Crippen LogP contribution in [-0.4, -0.2) is 31.7 Å². The second-order valence-electron chi connectivity index (χ2n) is 4.96. The highest BCUT2D eigenvalue weighted by Gasteiger charge is 2.29. The topological polar surface area (TPSA) is 64.3 Å². The molecule has 92 valence electrons. The van der Waals surface area contributed by atoms with Crippen molar-refractivity contribution < 1.29 is 9.53 Å². The van der Waals surface area contributed by atoms with Crippen LogP contribution in [-0.2, 0) is 9.53 Å². The van der Waals surface area contributed by atoms with E-state index in [2.05, 4.69) is 5.32 Å². The van der Waals surface area contributed by atoms with Gasteiger partial charge in [-0.2, -0.15) is 0 Å². The smallest absolute Gasteiger partial charge is 0.225 e. The Balaban J connectivity index is 1.84. The first-order valence-electron chi connectivity index (χ1n) is 6.39. The van der Waals surface area contributed by atoms with E-state index in [-0.39, 0.29) is 11.8 Å². The van der Waals surface area contributed by atoms with Crippen LogP contribution in [0.2, 0.25) is 0 Å². The molecular weight excluding hydrogens is 204 g/mol. The van der Waals surface area contributed by atoms with E-state index in [1.807, 2.05) is 0 Å². The van der Waals surface area contributed by atoms with Gasteiger partial charge in [-0.25, -0.2) is 0 Å². The van der Waals surface area contributed by atoms with Crippen LogP contribution in [0.1, 0.15) is 32.1 Å². The molecule has 4 nitrogen and oxygen atoms in total. The summed E-state index contributed by atoms with van der Waals surface area (Å²) in [5.41, 5.74) is 5.75. The fraction of sp³-hybridized carbons (Fsp3) is 0.917. The molecule has 1 aliphatic carbocycles. The van der Waals surface area contributed by atoms with Crippen LogP contribution in [0.25, 0.3) is 0 Å². The monoisotopic (exact) mass is 226 g/mol. The first kappa shape index (κ1) is 11.9. The highest BCUT2D eigenvalue weighted by atomic mass is 16.5. The number of hydrogen-bond donors (Lipinski definition) is 2. The maximum Gasteiger partial charge on any atom is 0.225 e. The Kier molecular flexibility index (Phi) is 4.18. The van der Waals surface area contributed by atoms with Crippen LogP contribution in [0, 0.1) is 11.8 Å². The van der Waals surface area contributed by atoms with Gasteiger partial charge in [-0.3, -0.25) is 4.79 Å². The van der Waals surface area contributed by atoms with Crippen molar-refractivity contribution in [3.63, 3.8) is 0 Å². The molecule has 1 heterocycles. The normalized spacial score (nSPS) is 34.9. The summed E-state index contributed by atoms with van der Waals surface area (Å²) in [6.07, 6.45) is 5.57. The quantitative estimate of drug-likeness (QED) is 0.743. The van der Waals surface area contributed by atoms with Crippen molar-refractivity contribution in [1.82, 2.24) is 5.32 Å². The summed E-state index contributed by atoms with van der Waals surface area (Å²) in [6.45, 7) is 2.00. The van der Waals surface area contributed by atoms with Gasteiger partial charge in [0.05, 0.1) is 12.5 Å². The average Bonchev–Trinajstić information content (AvgIpc) is 2.83. The number of ether oxygens (including phenoxy) is 1. The second kappa shape index (κ2) is 5.64. The van der Waals surface area contributed by atoms with E-state index in [9.17, 15) is 4.79 Å². The van der Waals surface area contributed by atoms with Crippen molar-refractivity contribution in [2.24, 2.45) is 17.6 Å². The van der Waals surface area contributed by atoms with E-state index in [1.165, 1.54) is 12.8 Å². The number of nitrogens with two attached hydrogens (primary N) is 1. The van der Waals surface area contributed by atoms with Gasteiger partial charge in [-0.1, -0.05) is 12.8 Å². The molecule has 1 amide bonds. The number of amides is 1. The van der Waals surface area contributed by atoms with Crippen LogP contribution < -0.4 is 11.1 Å². The molecule has 16 heavy (non-hydrogen) atoms. The van der Waals surface area contributed by atoms with E-state index in [4.69, 9.17) is 10.5 Å². The molecule has 3 unspecified atom stereocenters. The SMILES string of the molecule is NCC1CCCCC1NC(=O)C1CCOC1. The molecule has 3 atom stereocenters. The third-order valence-electron chi connectivity index (χ3n) is 3.84. The Hall–Kier alpha value is -0.610. The lowest BCUT2D eigenvalue weighted by Gasteiger charge is -2.32.